The maximum Gasteiger partial charge on any atom is 0.0626 e. The summed E-state index contributed by atoms with van der Waals surface area (Å²) < 4.78 is 0. The first-order valence-corrected chi connectivity index (χ1v) is 11.2. The van der Waals surface area contributed by atoms with Gasteiger partial charge in [0.25, 0.3) is 0 Å². The van der Waals surface area contributed by atoms with Gasteiger partial charge in [0.1, 0.15) is 0 Å². The minimum absolute atomic E-state index is 0.679. The molecule has 3 rings (SSSR count). The lowest BCUT2D eigenvalue weighted by Gasteiger charge is -2.28. The summed E-state index contributed by atoms with van der Waals surface area (Å²) in [5.74, 6) is 0. The van der Waals surface area contributed by atoms with Crippen molar-refractivity contribution in [3.63, 3.8) is 0 Å². The molecule has 1 aromatic heterocycles. The largest absolute Gasteiger partial charge is 0.254 e. The van der Waals surface area contributed by atoms with Crippen LogP contribution in [0, 0.1) is 40.0 Å². The van der Waals surface area contributed by atoms with E-state index in [1.54, 1.807) is 12.2 Å². The molecular formula is C29H45N. The fraction of sp³-hybridized carbons (Fsp3) is 0.483. The van der Waals surface area contributed by atoms with Crippen LogP contribution in [0.4, 0.5) is 0 Å². The molecule has 0 bridgehead atoms. The van der Waals surface area contributed by atoms with Crippen molar-refractivity contribution in [2.75, 3.05) is 0 Å². The standard InChI is InChI=1S/C10H14.C8H9N.C8H16.C3H6/c1-7-5-8(2)10(4)9(3)6-7;1-3-8-6-4-5-7(2)9-8;1-8(2)6-4-3-5-7-8;1-3-2/h5-6H,1-4H3;3-6H,1H2,2H3;3-7H2,1-2H3;3H,1H2,2H3. The van der Waals surface area contributed by atoms with Crippen LogP contribution in [0.2, 0.25) is 0 Å². The zero-order valence-electron chi connectivity index (χ0n) is 20.9. The molecule has 0 aliphatic heterocycles. The number of nitrogens with zero attached hydrogens (tertiary/aromatic N) is 1. The highest BCUT2D eigenvalue weighted by atomic mass is 14.7. The van der Waals surface area contributed by atoms with Crippen LogP contribution in [0.25, 0.3) is 6.08 Å². The normalized spacial score (nSPS) is 13.9. The van der Waals surface area contributed by atoms with E-state index in [4.69, 9.17) is 0 Å². The van der Waals surface area contributed by atoms with E-state index in [0.717, 1.165) is 11.4 Å². The summed E-state index contributed by atoms with van der Waals surface area (Å²) in [6, 6.07) is 10.3. The molecule has 1 saturated carbocycles. The summed E-state index contributed by atoms with van der Waals surface area (Å²) >= 11 is 0. The number of hydrogen-bond donors (Lipinski definition) is 0. The number of rotatable bonds is 1. The van der Waals surface area contributed by atoms with Crippen LogP contribution < -0.4 is 0 Å². The van der Waals surface area contributed by atoms with Crippen molar-refractivity contribution in [1.82, 2.24) is 4.98 Å². The summed E-state index contributed by atoms with van der Waals surface area (Å²) in [5.41, 5.74) is 8.24. The molecule has 1 aromatic carbocycles. The third-order valence-electron chi connectivity index (χ3n) is 5.40. The van der Waals surface area contributed by atoms with Crippen molar-refractivity contribution in [2.45, 2.75) is 87.5 Å². The quantitative estimate of drug-likeness (QED) is 0.429. The van der Waals surface area contributed by atoms with Crippen LogP contribution >= 0.6 is 0 Å². The van der Waals surface area contributed by atoms with Crippen LogP contribution in [0.3, 0.4) is 0 Å². The summed E-state index contributed by atoms with van der Waals surface area (Å²) in [6.45, 7) is 24.2. The molecule has 30 heavy (non-hydrogen) atoms. The van der Waals surface area contributed by atoms with Gasteiger partial charge in [-0.25, -0.2) is 0 Å². The third-order valence-corrected chi connectivity index (χ3v) is 5.40. The highest BCUT2D eigenvalue weighted by Gasteiger charge is 2.19. The maximum atomic E-state index is 4.17. The zero-order valence-corrected chi connectivity index (χ0v) is 20.9. The average molecular weight is 408 g/mol. The van der Waals surface area contributed by atoms with Gasteiger partial charge in [-0.1, -0.05) is 69.5 Å². The number of allylic oxidation sites excluding steroid dienone is 1. The van der Waals surface area contributed by atoms with E-state index in [9.17, 15) is 0 Å². The van der Waals surface area contributed by atoms with Gasteiger partial charge in [-0.15, -0.1) is 6.58 Å². The van der Waals surface area contributed by atoms with E-state index in [1.807, 2.05) is 32.0 Å². The molecule has 1 aliphatic carbocycles. The van der Waals surface area contributed by atoms with Crippen LogP contribution in [0.1, 0.15) is 86.5 Å². The Morgan fingerprint density at radius 2 is 1.37 bits per heavy atom. The molecule has 0 saturated heterocycles. The smallest absolute Gasteiger partial charge is 0.0626 e. The number of pyridine rings is 1. The maximum absolute atomic E-state index is 4.17. The van der Waals surface area contributed by atoms with Crippen molar-refractivity contribution in [3.8, 4) is 0 Å². The lowest BCUT2D eigenvalue weighted by atomic mass is 9.78. The molecule has 0 amide bonds. The molecule has 1 nitrogen and oxygen atoms in total. The van der Waals surface area contributed by atoms with E-state index < -0.39 is 0 Å². The SMILES string of the molecule is C=CC.C=Cc1cccc(C)n1.CC1(C)CCCCC1.Cc1cc(C)c(C)c(C)c1. The van der Waals surface area contributed by atoms with Gasteiger partial charge < -0.3 is 0 Å². The molecule has 0 spiro atoms. The lowest BCUT2D eigenvalue weighted by molar-refractivity contribution is 0.244. The summed E-state index contributed by atoms with van der Waals surface area (Å²) in [4.78, 5) is 4.17. The summed E-state index contributed by atoms with van der Waals surface area (Å²) in [5, 5.41) is 0. The molecule has 2 aromatic rings. The molecule has 0 atom stereocenters. The van der Waals surface area contributed by atoms with Gasteiger partial charge in [0.2, 0.25) is 0 Å². The van der Waals surface area contributed by atoms with Crippen molar-refractivity contribution in [2.24, 2.45) is 5.41 Å². The molecule has 0 unspecified atom stereocenters. The molecule has 1 heteroatoms. The molecule has 166 valence electrons. The predicted molar refractivity (Wildman–Crippen MR) is 137 cm³/mol. The summed E-state index contributed by atoms with van der Waals surface area (Å²) in [6.07, 6.45) is 10.8. The molecular weight excluding hydrogens is 362 g/mol. The van der Waals surface area contributed by atoms with E-state index in [1.165, 1.54) is 54.4 Å². The van der Waals surface area contributed by atoms with E-state index in [-0.39, 0.29) is 0 Å². The Bertz CT molecular complexity index is 737. The Labute approximate surface area is 187 Å². The van der Waals surface area contributed by atoms with Crippen LogP contribution in [-0.2, 0) is 0 Å². The van der Waals surface area contributed by atoms with Crippen LogP contribution in [0.15, 0.2) is 49.6 Å². The third kappa shape index (κ3) is 12.4. The van der Waals surface area contributed by atoms with E-state index in [2.05, 4.69) is 71.8 Å². The van der Waals surface area contributed by atoms with E-state index >= 15 is 0 Å². The van der Waals surface area contributed by atoms with Crippen molar-refractivity contribution in [1.29, 1.82) is 0 Å². The van der Waals surface area contributed by atoms with Gasteiger partial charge in [0.05, 0.1) is 5.69 Å². The van der Waals surface area contributed by atoms with E-state index in [0.29, 0.717) is 5.41 Å². The number of hydrogen-bond acceptors (Lipinski definition) is 1. The van der Waals surface area contributed by atoms with Gasteiger partial charge in [0, 0.05) is 5.69 Å². The van der Waals surface area contributed by atoms with Gasteiger partial charge in [-0.2, -0.15) is 0 Å². The van der Waals surface area contributed by atoms with Crippen molar-refractivity contribution >= 4 is 6.08 Å². The van der Waals surface area contributed by atoms with Gasteiger partial charge >= 0.3 is 0 Å². The number of aromatic nitrogens is 1. The fourth-order valence-electron chi connectivity index (χ4n) is 3.44. The fourth-order valence-corrected chi connectivity index (χ4v) is 3.44. The first-order chi connectivity index (χ1) is 14.1. The van der Waals surface area contributed by atoms with Gasteiger partial charge in [0.15, 0.2) is 0 Å². The number of aryl methyl sites for hydroxylation is 4. The molecule has 1 aliphatic rings. The number of benzene rings is 1. The topological polar surface area (TPSA) is 12.9 Å². The first kappa shape index (κ1) is 27.8. The Balaban J connectivity index is 0.000000396. The monoisotopic (exact) mass is 407 g/mol. The minimum atomic E-state index is 0.679. The van der Waals surface area contributed by atoms with Gasteiger partial charge in [-0.3, -0.25) is 4.98 Å². The highest BCUT2D eigenvalue weighted by Crippen LogP contribution is 2.34. The lowest BCUT2D eigenvalue weighted by Crippen LogP contribution is -2.14. The average Bonchev–Trinajstić information content (AvgIpc) is 2.67. The zero-order chi connectivity index (χ0) is 23.2. The second-order valence-electron chi connectivity index (χ2n) is 9.06. The first-order valence-electron chi connectivity index (χ1n) is 11.2. The van der Waals surface area contributed by atoms with Crippen molar-refractivity contribution < 1.29 is 0 Å². The Kier molecular flexibility index (Phi) is 13.7. The summed E-state index contributed by atoms with van der Waals surface area (Å²) in [7, 11) is 0. The predicted octanol–water partition coefficient (Wildman–Crippen LogP) is 9.12. The molecule has 0 N–H and O–H groups in total. The highest BCUT2D eigenvalue weighted by molar-refractivity contribution is 5.41. The molecule has 0 radical (unpaired) electrons. The second-order valence-corrected chi connectivity index (χ2v) is 9.06. The van der Waals surface area contributed by atoms with Crippen LogP contribution in [-0.4, -0.2) is 4.98 Å². The Hall–Kier alpha value is -2.15. The van der Waals surface area contributed by atoms with Crippen LogP contribution in [0.5, 0.6) is 0 Å². The molecule has 1 heterocycles. The van der Waals surface area contributed by atoms with Crippen molar-refractivity contribution in [3.05, 3.63) is 83.2 Å². The second kappa shape index (κ2) is 14.8. The van der Waals surface area contributed by atoms with Gasteiger partial charge in [-0.05, 0) is 94.7 Å². The minimum Gasteiger partial charge on any atom is -0.254 e. The Morgan fingerprint density at radius 3 is 1.70 bits per heavy atom. The Morgan fingerprint density at radius 1 is 0.867 bits per heavy atom. The molecule has 1 fully saturated rings.